The quantitative estimate of drug-likeness (QED) is 0.375. The van der Waals surface area contributed by atoms with Gasteiger partial charge in [0, 0.05) is 17.9 Å². The van der Waals surface area contributed by atoms with Gasteiger partial charge in [0.15, 0.2) is 0 Å². The molecule has 1 aliphatic rings. The third-order valence-electron chi connectivity index (χ3n) is 5.94. The van der Waals surface area contributed by atoms with E-state index in [4.69, 9.17) is 10.00 Å². The minimum Gasteiger partial charge on any atom is -0.463 e. The van der Waals surface area contributed by atoms with Crippen molar-refractivity contribution in [3.8, 4) is 6.07 Å². The average Bonchev–Trinajstić information content (AvgIpc) is 2.93. The van der Waals surface area contributed by atoms with Crippen molar-refractivity contribution >= 4 is 35.1 Å². The number of esters is 1. The smallest absolute Gasteiger partial charge is 0.338 e. The van der Waals surface area contributed by atoms with Crippen LogP contribution in [0.3, 0.4) is 0 Å². The van der Waals surface area contributed by atoms with Crippen LogP contribution in [0.25, 0.3) is 5.70 Å². The van der Waals surface area contributed by atoms with Gasteiger partial charge in [-0.05, 0) is 61.4 Å². The molecular weight excluding hydrogens is 482 g/mol. The summed E-state index contributed by atoms with van der Waals surface area (Å²) < 4.78 is 5.42. The van der Waals surface area contributed by atoms with Crippen molar-refractivity contribution in [1.82, 2.24) is 10.2 Å². The molecule has 0 aromatic heterocycles. The monoisotopic (exact) mass is 509 g/mol. The molecule has 3 aromatic carbocycles. The largest absolute Gasteiger partial charge is 0.463 e. The lowest BCUT2D eigenvalue weighted by Gasteiger charge is -2.36. The number of nitrogens with zero attached hydrogens (tertiary/aromatic N) is 2. The second-order valence-electron chi connectivity index (χ2n) is 8.37. The van der Waals surface area contributed by atoms with Crippen LogP contribution in [0.5, 0.6) is 0 Å². The maximum Gasteiger partial charge on any atom is 0.338 e. The first-order valence-corrected chi connectivity index (χ1v) is 12.2. The fourth-order valence-corrected chi connectivity index (χ4v) is 4.26. The van der Waals surface area contributed by atoms with E-state index in [0.29, 0.717) is 45.9 Å². The van der Waals surface area contributed by atoms with Crippen LogP contribution in [0, 0.1) is 11.3 Å². The van der Waals surface area contributed by atoms with Crippen molar-refractivity contribution in [2.45, 2.75) is 19.9 Å². The second kappa shape index (κ2) is 11.8. The molecule has 3 N–H and O–H groups in total. The van der Waals surface area contributed by atoms with Crippen LogP contribution in [0.1, 0.15) is 36.6 Å². The van der Waals surface area contributed by atoms with Gasteiger partial charge >= 0.3 is 18.0 Å². The van der Waals surface area contributed by atoms with Crippen LogP contribution < -0.4 is 16.0 Å². The van der Waals surface area contributed by atoms with Crippen molar-refractivity contribution in [3.05, 3.63) is 101 Å². The molecule has 4 amide bonds. The summed E-state index contributed by atoms with van der Waals surface area (Å²) in [6, 6.07) is 23.0. The van der Waals surface area contributed by atoms with E-state index >= 15 is 0 Å². The Balaban J connectivity index is 1.69. The van der Waals surface area contributed by atoms with E-state index in [9.17, 15) is 14.4 Å². The number of nitriles is 1. The van der Waals surface area contributed by atoms with Gasteiger partial charge in [-0.2, -0.15) is 5.26 Å². The standard InChI is InChI=1S/C29H27N5O4/c1-3-34-26(20-9-6-5-7-10-20)24(27(35)38-4-2)25(33-29(34)37)21-11-8-12-23(17-21)32-28(36)31-22-15-13-19(18-30)14-16-22/h5-17,25H,3-4H2,1-2H3,(H,33,37)(H2,31,32,36)/t25-/m0/s1. The van der Waals surface area contributed by atoms with Crippen LogP contribution in [0.2, 0.25) is 0 Å². The molecule has 0 saturated carbocycles. The van der Waals surface area contributed by atoms with Crippen molar-refractivity contribution in [3.63, 3.8) is 0 Å². The summed E-state index contributed by atoms with van der Waals surface area (Å²) in [7, 11) is 0. The normalized spacial score (nSPS) is 14.8. The Hall–Kier alpha value is -5.10. The molecule has 1 atom stereocenters. The van der Waals surface area contributed by atoms with Crippen molar-refractivity contribution < 1.29 is 19.1 Å². The molecule has 0 bridgehead atoms. The molecule has 1 heterocycles. The highest BCUT2D eigenvalue weighted by molar-refractivity contribution is 6.05. The van der Waals surface area contributed by atoms with Crippen molar-refractivity contribution in [1.29, 1.82) is 5.26 Å². The van der Waals surface area contributed by atoms with Gasteiger partial charge in [0.25, 0.3) is 0 Å². The molecule has 0 spiro atoms. The number of ether oxygens (including phenoxy) is 1. The molecule has 1 aliphatic heterocycles. The third kappa shape index (κ3) is 5.65. The van der Waals surface area contributed by atoms with Gasteiger partial charge < -0.3 is 20.7 Å². The number of amides is 4. The number of hydrogen-bond donors (Lipinski definition) is 3. The molecular formula is C29H27N5O4. The van der Waals surface area contributed by atoms with Gasteiger partial charge in [0.2, 0.25) is 0 Å². The summed E-state index contributed by atoms with van der Waals surface area (Å²) in [6.45, 7) is 4.09. The van der Waals surface area contributed by atoms with Crippen molar-refractivity contribution in [2.24, 2.45) is 0 Å². The Kier molecular flexibility index (Phi) is 8.04. The summed E-state index contributed by atoms with van der Waals surface area (Å²) in [5, 5.41) is 17.4. The van der Waals surface area contributed by atoms with E-state index in [2.05, 4.69) is 16.0 Å². The molecule has 38 heavy (non-hydrogen) atoms. The number of rotatable bonds is 7. The molecule has 9 heteroatoms. The van der Waals surface area contributed by atoms with E-state index in [0.717, 1.165) is 0 Å². The maximum atomic E-state index is 13.3. The minimum atomic E-state index is -0.803. The Bertz CT molecular complexity index is 1410. The lowest BCUT2D eigenvalue weighted by atomic mass is 9.91. The van der Waals surface area contributed by atoms with Gasteiger partial charge in [-0.1, -0.05) is 42.5 Å². The fraction of sp³-hybridized carbons (Fsp3) is 0.172. The predicted molar refractivity (Wildman–Crippen MR) is 144 cm³/mol. The van der Waals surface area contributed by atoms with E-state index in [-0.39, 0.29) is 12.6 Å². The Morgan fingerprint density at radius 1 is 0.974 bits per heavy atom. The van der Waals surface area contributed by atoms with E-state index in [1.165, 1.54) is 4.90 Å². The number of hydrogen-bond acceptors (Lipinski definition) is 5. The molecule has 0 unspecified atom stereocenters. The molecule has 9 nitrogen and oxygen atoms in total. The number of anilines is 2. The first-order valence-electron chi connectivity index (χ1n) is 12.2. The molecule has 0 fully saturated rings. The first-order chi connectivity index (χ1) is 18.4. The number of nitrogens with one attached hydrogen (secondary N) is 3. The molecule has 192 valence electrons. The highest BCUT2D eigenvalue weighted by Gasteiger charge is 2.38. The van der Waals surface area contributed by atoms with Gasteiger partial charge in [-0.3, -0.25) is 4.90 Å². The van der Waals surface area contributed by atoms with Crippen LogP contribution in [0.4, 0.5) is 21.0 Å². The Morgan fingerprint density at radius 2 is 1.68 bits per heavy atom. The fourth-order valence-electron chi connectivity index (χ4n) is 4.26. The Morgan fingerprint density at radius 3 is 2.34 bits per heavy atom. The van der Waals surface area contributed by atoms with Crippen molar-refractivity contribution in [2.75, 3.05) is 23.8 Å². The summed E-state index contributed by atoms with van der Waals surface area (Å²) in [5.74, 6) is -0.535. The topological polar surface area (TPSA) is 124 Å². The van der Waals surface area contributed by atoms with Gasteiger partial charge in [-0.25, -0.2) is 14.4 Å². The van der Waals surface area contributed by atoms with Crippen LogP contribution in [-0.2, 0) is 9.53 Å². The lowest BCUT2D eigenvalue weighted by molar-refractivity contribution is -0.138. The summed E-state index contributed by atoms with van der Waals surface area (Å²) in [4.78, 5) is 40.6. The van der Waals surface area contributed by atoms with E-state index in [1.54, 1.807) is 55.5 Å². The third-order valence-corrected chi connectivity index (χ3v) is 5.94. The van der Waals surface area contributed by atoms with Gasteiger partial charge in [-0.15, -0.1) is 0 Å². The number of carbonyl (C=O) groups is 3. The minimum absolute atomic E-state index is 0.175. The highest BCUT2D eigenvalue weighted by atomic mass is 16.5. The zero-order chi connectivity index (χ0) is 27.1. The second-order valence-corrected chi connectivity index (χ2v) is 8.37. The molecule has 0 saturated heterocycles. The molecule has 0 aliphatic carbocycles. The predicted octanol–water partition coefficient (Wildman–Crippen LogP) is 5.26. The lowest BCUT2D eigenvalue weighted by Crippen LogP contribution is -2.47. The van der Waals surface area contributed by atoms with E-state index in [1.807, 2.05) is 43.3 Å². The SMILES string of the molecule is CCOC(=O)C1=C(c2ccccc2)N(CC)C(=O)N[C@H]1c1cccc(NC(=O)Nc2ccc(C#N)cc2)c1. The molecule has 3 aromatic rings. The van der Waals surface area contributed by atoms with Crippen LogP contribution >= 0.6 is 0 Å². The van der Waals surface area contributed by atoms with Gasteiger partial charge in [0.05, 0.1) is 35.6 Å². The van der Waals surface area contributed by atoms with E-state index < -0.39 is 18.0 Å². The summed E-state index contributed by atoms with van der Waals surface area (Å²) >= 11 is 0. The Labute approximate surface area is 220 Å². The maximum absolute atomic E-state index is 13.3. The highest BCUT2D eigenvalue weighted by Crippen LogP contribution is 2.37. The van der Waals surface area contributed by atoms with Gasteiger partial charge in [0.1, 0.15) is 0 Å². The summed E-state index contributed by atoms with van der Waals surface area (Å²) in [6.07, 6.45) is 0. The van der Waals surface area contributed by atoms with Crippen LogP contribution in [0.15, 0.2) is 84.4 Å². The zero-order valence-corrected chi connectivity index (χ0v) is 21.0. The molecule has 0 radical (unpaired) electrons. The first kappa shape index (κ1) is 26.0. The number of urea groups is 2. The average molecular weight is 510 g/mol. The zero-order valence-electron chi connectivity index (χ0n) is 21.0. The summed E-state index contributed by atoms with van der Waals surface area (Å²) in [5.41, 5.74) is 3.58. The number of carbonyl (C=O) groups excluding carboxylic acids is 3. The number of benzene rings is 3. The molecule has 4 rings (SSSR count). The van der Waals surface area contributed by atoms with Crippen LogP contribution in [-0.4, -0.2) is 36.1 Å².